The fourth-order valence-electron chi connectivity index (χ4n) is 2.43. The lowest BCUT2D eigenvalue weighted by atomic mass is 10.4. The Morgan fingerprint density at radius 1 is 0.760 bits per heavy atom. The van der Waals surface area contributed by atoms with E-state index in [2.05, 4.69) is 66.4 Å². The van der Waals surface area contributed by atoms with E-state index in [0.717, 1.165) is 10.5 Å². The van der Waals surface area contributed by atoms with E-state index in [0.29, 0.717) is 10.9 Å². The average Bonchev–Trinajstić information content (AvgIpc) is 3.44. The Labute approximate surface area is 157 Å². The van der Waals surface area contributed by atoms with Gasteiger partial charge in [-0.15, -0.1) is 22.0 Å². The number of benzene rings is 2. The monoisotopic (exact) mass is 398 g/mol. The van der Waals surface area contributed by atoms with Gasteiger partial charge >= 0.3 is 0 Å². The van der Waals surface area contributed by atoms with Crippen LogP contribution in [0, 0.1) is 10.2 Å². The van der Waals surface area contributed by atoms with Crippen LogP contribution in [-0.4, -0.2) is 10.5 Å². The van der Waals surface area contributed by atoms with E-state index in [1.807, 2.05) is 0 Å². The van der Waals surface area contributed by atoms with Crippen LogP contribution >= 0.6 is 11.8 Å². The summed E-state index contributed by atoms with van der Waals surface area (Å²) in [5.41, 5.74) is 0. The second kappa shape index (κ2) is 8.31. The summed E-state index contributed by atoms with van der Waals surface area (Å²) in [5.74, 6) is 0. The molecule has 0 heterocycles. The first-order valence-electron chi connectivity index (χ1n) is 8.07. The standard InChI is InChI=1S/C18H19S2.ClHO4/c1-2-4-16(5-3-1)20(18-12-13-18)17-10-8-15(9-11-17)19-14-6-7-14;2-1(3,4)5/h1-5,8-11,14,18H,6-7,12-13H2;(H,2,3,4,5)/q+1;/p-1. The summed E-state index contributed by atoms with van der Waals surface area (Å²) in [7, 11) is -4.65. The minimum absolute atomic E-state index is 0.294. The molecule has 0 spiro atoms. The van der Waals surface area contributed by atoms with Crippen LogP contribution in [0.1, 0.15) is 25.7 Å². The van der Waals surface area contributed by atoms with Crippen molar-refractivity contribution < 1.29 is 28.9 Å². The third-order valence-electron chi connectivity index (χ3n) is 3.76. The van der Waals surface area contributed by atoms with Crippen LogP contribution in [0.2, 0.25) is 0 Å². The Bertz CT molecular complexity index is 662. The van der Waals surface area contributed by atoms with Crippen LogP contribution in [0.15, 0.2) is 69.3 Å². The summed E-state index contributed by atoms with van der Waals surface area (Å²) < 4.78 is 34.0. The quantitative estimate of drug-likeness (QED) is 0.679. The second-order valence-electron chi connectivity index (χ2n) is 6.02. The highest BCUT2D eigenvalue weighted by Gasteiger charge is 2.43. The molecule has 4 rings (SSSR count). The maximum absolute atomic E-state index is 8.49. The Morgan fingerprint density at radius 2 is 1.28 bits per heavy atom. The lowest BCUT2D eigenvalue weighted by molar-refractivity contribution is -2.00. The SMILES string of the molecule is [O-][Cl+3]([O-])([O-])[O-].c1ccc([S+](c2ccc(SC3CC3)cc2)C2CC2)cc1. The molecular weight excluding hydrogens is 380 g/mol. The summed E-state index contributed by atoms with van der Waals surface area (Å²) in [6.45, 7) is 0. The largest absolute Gasteiger partial charge is 0.222 e. The molecule has 2 aromatic rings. The van der Waals surface area contributed by atoms with Crippen molar-refractivity contribution in [1.29, 1.82) is 0 Å². The maximum Gasteiger partial charge on any atom is 0.161 e. The van der Waals surface area contributed by atoms with E-state index >= 15 is 0 Å². The van der Waals surface area contributed by atoms with Gasteiger partial charge in [-0.25, -0.2) is 18.6 Å². The van der Waals surface area contributed by atoms with Crippen molar-refractivity contribution in [2.45, 2.75) is 50.9 Å². The molecule has 134 valence electrons. The maximum atomic E-state index is 8.49. The topological polar surface area (TPSA) is 92.2 Å². The predicted molar refractivity (Wildman–Crippen MR) is 88.7 cm³/mol. The smallest absolute Gasteiger partial charge is 0.161 e. The summed E-state index contributed by atoms with van der Waals surface area (Å²) in [4.78, 5) is 4.49. The third-order valence-corrected chi connectivity index (χ3v) is 7.81. The highest BCUT2D eigenvalue weighted by atomic mass is 35.7. The lowest BCUT2D eigenvalue weighted by Crippen LogP contribution is -2.68. The normalized spacial score (nSPS) is 18.2. The molecule has 2 fully saturated rings. The minimum atomic E-state index is -4.94. The molecule has 0 bridgehead atoms. The van der Waals surface area contributed by atoms with Crippen LogP contribution < -0.4 is 18.6 Å². The number of halogens is 1. The molecule has 2 aromatic carbocycles. The van der Waals surface area contributed by atoms with Gasteiger partial charge in [-0.05, 0) is 49.2 Å². The zero-order valence-electron chi connectivity index (χ0n) is 13.5. The molecule has 4 nitrogen and oxygen atoms in total. The van der Waals surface area contributed by atoms with Gasteiger partial charge in [-0.3, -0.25) is 0 Å². The van der Waals surface area contributed by atoms with Gasteiger partial charge in [0.15, 0.2) is 9.79 Å². The number of hydrogen-bond donors (Lipinski definition) is 0. The predicted octanol–water partition coefficient (Wildman–Crippen LogP) is 0.384. The van der Waals surface area contributed by atoms with Crippen molar-refractivity contribution in [3.63, 3.8) is 0 Å². The fourth-order valence-corrected chi connectivity index (χ4v) is 6.01. The van der Waals surface area contributed by atoms with Gasteiger partial charge in [-0.2, -0.15) is 0 Å². The number of rotatable bonds is 5. The van der Waals surface area contributed by atoms with E-state index in [-0.39, 0.29) is 0 Å². The molecule has 0 radical (unpaired) electrons. The zero-order valence-corrected chi connectivity index (χ0v) is 15.9. The molecule has 0 N–H and O–H groups in total. The molecule has 0 aromatic heterocycles. The molecule has 2 aliphatic rings. The van der Waals surface area contributed by atoms with Gasteiger partial charge in [-0.1, -0.05) is 18.2 Å². The van der Waals surface area contributed by atoms with Crippen LogP contribution in [-0.2, 0) is 10.9 Å². The zero-order chi connectivity index (χ0) is 17.9. The second-order valence-corrected chi connectivity index (χ2v) is 10.4. The third kappa shape index (κ3) is 6.83. The lowest BCUT2D eigenvalue weighted by Gasteiger charge is -2.17. The van der Waals surface area contributed by atoms with E-state index in [4.69, 9.17) is 18.6 Å². The van der Waals surface area contributed by atoms with E-state index in [9.17, 15) is 0 Å². The van der Waals surface area contributed by atoms with E-state index in [1.165, 1.54) is 40.4 Å². The molecule has 0 saturated heterocycles. The molecule has 2 saturated carbocycles. The van der Waals surface area contributed by atoms with Gasteiger partial charge in [0.1, 0.15) is 5.25 Å². The number of hydrogen-bond acceptors (Lipinski definition) is 5. The Hall–Kier alpha value is -0.730. The molecule has 1 unspecified atom stereocenters. The van der Waals surface area contributed by atoms with Gasteiger partial charge in [0.05, 0.1) is 10.9 Å². The van der Waals surface area contributed by atoms with Crippen molar-refractivity contribution in [1.82, 2.24) is 0 Å². The van der Waals surface area contributed by atoms with Crippen molar-refractivity contribution in [2.24, 2.45) is 0 Å². The van der Waals surface area contributed by atoms with Crippen molar-refractivity contribution in [3.05, 3.63) is 54.6 Å². The Balaban J connectivity index is 0.000000324. The van der Waals surface area contributed by atoms with Crippen LogP contribution in [0.3, 0.4) is 0 Å². The van der Waals surface area contributed by atoms with Crippen LogP contribution in [0.5, 0.6) is 0 Å². The summed E-state index contributed by atoms with van der Waals surface area (Å²) in [5, 5.41) is 1.79. The first-order chi connectivity index (χ1) is 11.9. The average molecular weight is 399 g/mol. The first kappa shape index (κ1) is 19.0. The minimum Gasteiger partial charge on any atom is -0.222 e. The highest BCUT2D eigenvalue weighted by molar-refractivity contribution is 8.00. The summed E-state index contributed by atoms with van der Waals surface area (Å²) >= 11 is 2.05. The van der Waals surface area contributed by atoms with Gasteiger partial charge < -0.3 is 0 Å². The van der Waals surface area contributed by atoms with Gasteiger partial charge in [0.25, 0.3) is 0 Å². The highest BCUT2D eigenvalue weighted by Crippen LogP contribution is 2.42. The van der Waals surface area contributed by atoms with Crippen molar-refractivity contribution >= 4 is 22.7 Å². The molecule has 1 atom stereocenters. The molecule has 25 heavy (non-hydrogen) atoms. The van der Waals surface area contributed by atoms with Crippen molar-refractivity contribution in [2.75, 3.05) is 0 Å². The summed E-state index contributed by atoms with van der Waals surface area (Å²) in [6, 6.07) is 20.5. The summed E-state index contributed by atoms with van der Waals surface area (Å²) in [6.07, 6.45) is 5.61. The van der Waals surface area contributed by atoms with E-state index in [1.54, 1.807) is 0 Å². The van der Waals surface area contributed by atoms with Gasteiger partial charge in [0.2, 0.25) is 0 Å². The first-order valence-corrected chi connectivity index (χ1v) is 11.5. The number of thioether (sulfide) groups is 1. The molecule has 2 aliphatic carbocycles. The Morgan fingerprint density at radius 3 is 1.76 bits per heavy atom. The molecule has 7 heteroatoms. The van der Waals surface area contributed by atoms with Crippen LogP contribution in [0.25, 0.3) is 0 Å². The molecule has 0 aliphatic heterocycles. The van der Waals surface area contributed by atoms with Crippen molar-refractivity contribution in [3.8, 4) is 0 Å². The van der Waals surface area contributed by atoms with Crippen LogP contribution in [0.4, 0.5) is 0 Å². The molecule has 0 amide bonds. The Kier molecular flexibility index (Phi) is 6.33. The van der Waals surface area contributed by atoms with E-state index < -0.39 is 10.2 Å². The fraction of sp³-hybridized carbons (Fsp3) is 0.333. The van der Waals surface area contributed by atoms with Gasteiger partial charge in [0, 0.05) is 23.0 Å². The molecular formula is C18H19ClO4S2.